The lowest BCUT2D eigenvalue weighted by atomic mass is 10.1. The van der Waals surface area contributed by atoms with Gasteiger partial charge < -0.3 is 10.1 Å². The maximum absolute atomic E-state index is 12.4. The number of carbonyl (C=O) groups excluding carboxylic acids is 1. The van der Waals surface area contributed by atoms with E-state index < -0.39 is 0 Å². The normalized spacial score (nSPS) is 28.7. The summed E-state index contributed by atoms with van der Waals surface area (Å²) in [6.07, 6.45) is 9.37. The Morgan fingerprint density at radius 3 is 2.86 bits per heavy atom. The standard InChI is InChI=1S/C18H23NO2/c1-2-21-14-11-9-13(10-12-14)19-18(20)17-15-7-5-3-4-6-8-16(15)17/h5,7,9-12,15-17H,2-4,6,8H2,1H3,(H,19,20)/b7-5-/t15-,16-,17-/m0/s1. The summed E-state index contributed by atoms with van der Waals surface area (Å²) in [5, 5.41) is 3.04. The van der Waals surface area contributed by atoms with Crippen LogP contribution in [0.4, 0.5) is 5.69 Å². The van der Waals surface area contributed by atoms with Crippen molar-refractivity contribution in [1.82, 2.24) is 0 Å². The molecule has 0 unspecified atom stereocenters. The van der Waals surface area contributed by atoms with Crippen LogP contribution in [0.3, 0.4) is 0 Å². The number of benzene rings is 1. The molecule has 1 amide bonds. The summed E-state index contributed by atoms with van der Waals surface area (Å²) in [5.74, 6) is 2.20. The second kappa shape index (κ2) is 6.33. The fourth-order valence-corrected chi connectivity index (χ4v) is 3.33. The van der Waals surface area contributed by atoms with Crippen LogP contribution in [0.15, 0.2) is 36.4 Å². The molecule has 0 bridgehead atoms. The maximum atomic E-state index is 12.4. The van der Waals surface area contributed by atoms with E-state index in [1.807, 2.05) is 31.2 Å². The maximum Gasteiger partial charge on any atom is 0.228 e. The molecule has 3 nitrogen and oxygen atoms in total. The molecule has 0 radical (unpaired) electrons. The van der Waals surface area contributed by atoms with Gasteiger partial charge in [-0.05, 0) is 62.3 Å². The predicted molar refractivity (Wildman–Crippen MR) is 84.3 cm³/mol. The number of allylic oxidation sites excluding steroid dienone is 2. The summed E-state index contributed by atoms with van der Waals surface area (Å²) >= 11 is 0. The Labute approximate surface area is 126 Å². The fraction of sp³-hybridized carbons (Fsp3) is 0.500. The average molecular weight is 285 g/mol. The van der Waals surface area contributed by atoms with E-state index in [0.29, 0.717) is 18.4 Å². The molecule has 0 heterocycles. The minimum Gasteiger partial charge on any atom is -0.494 e. The van der Waals surface area contributed by atoms with Gasteiger partial charge in [0.15, 0.2) is 0 Å². The molecule has 3 heteroatoms. The van der Waals surface area contributed by atoms with E-state index in [-0.39, 0.29) is 11.8 Å². The number of carbonyl (C=O) groups is 1. The third kappa shape index (κ3) is 3.29. The molecule has 2 aliphatic carbocycles. The summed E-state index contributed by atoms with van der Waals surface area (Å²) in [5.41, 5.74) is 0.853. The van der Waals surface area contributed by atoms with Gasteiger partial charge in [0.1, 0.15) is 5.75 Å². The molecule has 21 heavy (non-hydrogen) atoms. The van der Waals surface area contributed by atoms with E-state index in [4.69, 9.17) is 4.74 Å². The molecule has 1 aromatic carbocycles. The Morgan fingerprint density at radius 1 is 1.29 bits per heavy atom. The number of ether oxygens (including phenoxy) is 1. The van der Waals surface area contributed by atoms with Crippen LogP contribution in [0, 0.1) is 17.8 Å². The molecule has 1 fully saturated rings. The van der Waals surface area contributed by atoms with Gasteiger partial charge in [-0.2, -0.15) is 0 Å². The molecule has 1 N–H and O–H groups in total. The van der Waals surface area contributed by atoms with Gasteiger partial charge in [0, 0.05) is 11.6 Å². The van der Waals surface area contributed by atoms with Gasteiger partial charge in [0.05, 0.1) is 6.61 Å². The van der Waals surface area contributed by atoms with Gasteiger partial charge in [-0.1, -0.05) is 18.6 Å². The van der Waals surface area contributed by atoms with Crippen LogP contribution >= 0.6 is 0 Å². The van der Waals surface area contributed by atoms with E-state index in [2.05, 4.69) is 17.5 Å². The Hall–Kier alpha value is -1.77. The molecule has 112 valence electrons. The van der Waals surface area contributed by atoms with E-state index >= 15 is 0 Å². The first-order valence-corrected chi connectivity index (χ1v) is 8.00. The average Bonchev–Trinajstić information content (AvgIpc) is 3.12. The Kier molecular flexibility index (Phi) is 4.28. The Balaban J connectivity index is 1.59. The van der Waals surface area contributed by atoms with Crippen molar-refractivity contribution in [3.63, 3.8) is 0 Å². The van der Waals surface area contributed by atoms with Crippen LogP contribution in [0.1, 0.15) is 32.6 Å². The molecule has 0 spiro atoms. The first-order chi connectivity index (χ1) is 10.3. The summed E-state index contributed by atoms with van der Waals surface area (Å²) in [6.45, 7) is 2.62. The fourth-order valence-electron chi connectivity index (χ4n) is 3.33. The highest BCUT2D eigenvalue weighted by atomic mass is 16.5. The van der Waals surface area contributed by atoms with E-state index in [1.165, 1.54) is 19.3 Å². The minimum absolute atomic E-state index is 0.167. The van der Waals surface area contributed by atoms with Crippen LogP contribution in [-0.4, -0.2) is 12.5 Å². The molecule has 0 aromatic heterocycles. The topological polar surface area (TPSA) is 38.3 Å². The molecule has 1 saturated carbocycles. The smallest absolute Gasteiger partial charge is 0.228 e. The van der Waals surface area contributed by atoms with Gasteiger partial charge in [-0.15, -0.1) is 0 Å². The molecular weight excluding hydrogens is 262 g/mol. The predicted octanol–water partition coefficient (Wildman–Crippen LogP) is 4.02. The highest BCUT2D eigenvalue weighted by molar-refractivity contribution is 5.95. The summed E-state index contributed by atoms with van der Waals surface area (Å²) in [6, 6.07) is 7.61. The lowest BCUT2D eigenvalue weighted by Crippen LogP contribution is -2.15. The van der Waals surface area contributed by atoms with Crippen molar-refractivity contribution in [2.24, 2.45) is 17.8 Å². The van der Waals surface area contributed by atoms with Crippen molar-refractivity contribution >= 4 is 11.6 Å². The lowest BCUT2D eigenvalue weighted by Gasteiger charge is -2.07. The van der Waals surface area contributed by atoms with Gasteiger partial charge in [-0.3, -0.25) is 4.79 Å². The summed E-state index contributed by atoms with van der Waals surface area (Å²) in [7, 11) is 0. The zero-order valence-electron chi connectivity index (χ0n) is 12.5. The molecule has 0 aliphatic heterocycles. The highest BCUT2D eigenvalue weighted by Gasteiger charge is 2.52. The number of rotatable bonds is 4. The molecular formula is C18H23NO2. The summed E-state index contributed by atoms with van der Waals surface area (Å²) < 4.78 is 5.41. The largest absolute Gasteiger partial charge is 0.494 e. The molecule has 3 atom stereocenters. The van der Waals surface area contributed by atoms with E-state index in [0.717, 1.165) is 17.9 Å². The SMILES string of the molecule is CCOc1ccc(NC(=O)[C@H]2[C@H]3/C=C\CCCC[C@@H]32)cc1. The quantitative estimate of drug-likeness (QED) is 0.849. The van der Waals surface area contributed by atoms with Crippen LogP contribution < -0.4 is 10.1 Å². The number of fused-ring (bicyclic) bond motifs is 1. The van der Waals surface area contributed by atoms with Gasteiger partial charge >= 0.3 is 0 Å². The first kappa shape index (κ1) is 14.2. The van der Waals surface area contributed by atoms with Gasteiger partial charge in [-0.25, -0.2) is 0 Å². The zero-order valence-corrected chi connectivity index (χ0v) is 12.5. The molecule has 0 saturated heterocycles. The number of anilines is 1. The second-order valence-electron chi connectivity index (χ2n) is 5.93. The minimum atomic E-state index is 0.167. The van der Waals surface area contributed by atoms with Crippen molar-refractivity contribution in [2.45, 2.75) is 32.6 Å². The Bertz CT molecular complexity index is 521. The van der Waals surface area contributed by atoms with Crippen LogP contribution in [0.5, 0.6) is 5.75 Å². The van der Waals surface area contributed by atoms with Crippen LogP contribution in [0.2, 0.25) is 0 Å². The molecule has 2 aliphatic rings. The van der Waals surface area contributed by atoms with Gasteiger partial charge in [0.25, 0.3) is 0 Å². The summed E-state index contributed by atoms with van der Waals surface area (Å²) in [4.78, 5) is 12.4. The zero-order chi connectivity index (χ0) is 14.7. The van der Waals surface area contributed by atoms with Crippen molar-refractivity contribution in [3.8, 4) is 5.75 Å². The number of nitrogens with one attached hydrogen (secondary N) is 1. The van der Waals surface area contributed by atoms with E-state index in [1.54, 1.807) is 0 Å². The van der Waals surface area contributed by atoms with E-state index in [9.17, 15) is 4.79 Å². The second-order valence-corrected chi connectivity index (χ2v) is 5.93. The van der Waals surface area contributed by atoms with Crippen molar-refractivity contribution in [3.05, 3.63) is 36.4 Å². The highest BCUT2D eigenvalue weighted by Crippen LogP contribution is 2.51. The van der Waals surface area contributed by atoms with Crippen LogP contribution in [0.25, 0.3) is 0 Å². The number of hydrogen-bond donors (Lipinski definition) is 1. The third-order valence-corrected chi connectivity index (χ3v) is 4.48. The number of amides is 1. The van der Waals surface area contributed by atoms with Crippen LogP contribution in [-0.2, 0) is 4.79 Å². The number of hydrogen-bond acceptors (Lipinski definition) is 2. The molecule has 1 aromatic rings. The Morgan fingerprint density at radius 2 is 2.10 bits per heavy atom. The van der Waals surface area contributed by atoms with Crippen molar-refractivity contribution in [1.29, 1.82) is 0 Å². The monoisotopic (exact) mass is 285 g/mol. The molecule has 3 rings (SSSR count). The first-order valence-electron chi connectivity index (χ1n) is 8.00. The van der Waals surface area contributed by atoms with Crippen molar-refractivity contribution in [2.75, 3.05) is 11.9 Å². The van der Waals surface area contributed by atoms with Gasteiger partial charge in [0.2, 0.25) is 5.91 Å². The third-order valence-electron chi connectivity index (χ3n) is 4.48. The lowest BCUT2D eigenvalue weighted by molar-refractivity contribution is -0.117. The van der Waals surface area contributed by atoms with Crippen molar-refractivity contribution < 1.29 is 9.53 Å².